The molecule has 0 aliphatic heterocycles. The molecule has 0 amide bonds. The van der Waals surface area contributed by atoms with Gasteiger partial charge in [-0.05, 0) is 59.6 Å². The van der Waals surface area contributed by atoms with Crippen LogP contribution in [0.2, 0.25) is 0 Å². The van der Waals surface area contributed by atoms with Gasteiger partial charge >= 0.3 is 0 Å². The number of halogens is 2. The first-order chi connectivity index (χ1) is 9.56. The Kier molecular flexibility index (Phi) is 4.94. The highest BCUT2D eigenvalue weighted by Crippen LogP contribution is 2.29. The summed E-state index contributed by atoms with van der Waals surface area (Å²) in [6, 6.07) is 5.06. The van der Waals surface area contributed by atoms with Crippen LogP contribution in [0.25, 0.3) is 0 Å². The molecule has 1 atom stereocenters. The van der Waals surface area contributed by atoms with E-state index in [0.717, 1.165) is 34.4 Å². The molecule has 0 spiro atoms. The van der Waals surface area contributed by atoms with Gasteiger partial charge in [-0.25, -0.2) is 4.39 Å². The molecule has 0 aliphatic rings. The number of hydrogen-bond donors (Lipinski definition) is 1. The van der Waals surface area contributed by atoms with Crippen LogP contribution in [0.4, 0.5) is 4.39 Å². The molecule has 5 heteroatoms. The average Bonchev–Trinajstić information content (AvgIpc) is 2.76. The van der Waals surface area contributed by atoms with Crippen molar-refractivity contribution in [3.8, 4) is 0 Å². The third-order valence-corrected chi connectivity index (χ3v) is 3.82. The van der Waals surface area contributed by atoms with Gasteiger partial charge in [0.1, 0.15) is 5.82 Å². The first-order valence-corrected chi connectivity index (χ1v) is 7.57. The van der Waals surface area contributed by atoms with Crippen molar-refractivity contribution >= 4 is 15.9 Å². The molecule has 0 saturated heterocycles. The summed E-state index contributed by atoms with van der Waals surface area (Å²) in [5.74, 6) is -0.207. The minimum atomic E-state index is -0.207. The fraction of sp³-hybridized carbons (Fsp3) is 0.400. The predicted octanol–water partition coefficient (Wildman–Crippen LogP) is 3.81. The number of hydrogen-bond acceptors (Lipinski definition) is 2. The SMILES string of the molecule is CCNC(c1cc(C)cc(F)c1)c1c(Br)cnn1CC. The van der Waals surface area contributed by atoms with Gasteiger partial charge in [-0.3, -0.25) is 4.68 Å². The van der Waals surface area contributed by atoms with E-state index in [4.69, 9.17) is 0 Å². The summed E-state index contributed by atoms with van der Waals surface area (Å²) in [5.41, 5.74) is 2.86. The molecule has 108 valence electrons. The molecule has 20 heavy (non-hydrogen) atoms. The number of rotatable bonds is 5. The second kappa shape index (κ2) is 6.50. The Bertz CT molecular complexity index is 575. The zero-order valence-electron chi connectivity index (χ0n) is 12.0. The van der Waals surface area contributed by atoms with Crippen LogP contribution in [0.15, 0.2) is 28.9 Å². The molecule has 1 aromatic carbocycles. The summed E-state index contributed by atoms with van der Waals surface area (Å²) in [6.45, 7) is 7.56. The van der Waals surface area contributed by atoms with E-state index in [1.807, 2.05) is 31.5 Å². The lowest BCUT2D eigenvalue weighted by atomic mass is 10.0. The molecule has 0 saturated carbocycles. The summed E-state index contributed by atoms with van der Waals surface area (Å²) < 4.78 is 16.6. The fourth-order valence-corrected chi connectivity index (χ4v) is 2.94. The molecule has 1 unspecified atom stereocenters. The second-order valence-electron chi connectivity index (χ2n) is 4.75. The van der Waals surface area contributed by atoms with Crippen LogP contribution in [-0.4, -0.2) is 16.3 Å². The minimum Gasteiger partial charge on any atom is -0.305 e. The van der Waals surface area contributed by atoms with E-state index in [2.05, 4.69) is 26.3 Å². The van der Waals surface area contributed by atoms with E-state index in [9.17, 15) is 4.39 Å². The zero-order chi connectivity index (χ0) is 14.7. The quantitative estimate of drug-likeness (QED) is 0.897. The Morgan fingerprint density at radius 2 is 2.10 bits per heavy atom. The van der Waals surface area contributed by atoms with Gasteiger partial charge in [0, 0.05) is 6.54 Å². The van der Waals surface area contributed by atoms with Crippen LogP contribution >= 0.6 is 15.9 Å². The topological polar surface area (TPSA) is 29.9 Å². The van der Waals surface area contributed by atoms with Gasteiger partial charge in [0.2, 0.25) is 0 Å². The lowest BCUT2D eigenvalue weighted by molar-refractivity contribution is 0.536. The number of nitrogens with one attached hydrogen (secondary N) is 1. The average molecular weight is 340 g/mol. The van der Waals surface area contributed by atoms with Crippen LogP contribution in [0.1, 0.15) is 36.7 Å². The van der Waals surface area contributed by atoms with Crippen LogP contribution in [0.5, 0.6) is 0 Å². The molecule has 1 aromatic heterocycles. The van der Waals surface area contributed by atoms with Crippen molar-refractivity contribution in [1.82, 2.24) is 15.1 Å². The largest absolute Gasteiger partial charge is 0.305 e. The summed E-state index contributed by atoms with van der Waals surface area (Å²) >= 11 is 3.55. The van der Waals surface area contributed by atoms with Crippen LogP contribution < -0.4 is 5.32 Å². The van der Waals surface area contributed by atoms with Crippen molar-refractivity contribution in [2.45, 2.75) is 33.4 Å². The summed E-state index contributed by atoms with van der Waals surface area (Å²) in [6.07, 6.45) is 1.79. The van der Waals surface area contributed by atoms with Crippen LogP contribution in [-0.2, 0) is 6.54 Å². The van der Waals surface area contributed by atoms with Gasteiger partial charge in [-0.1, -0.05) is 13.0 Å². The van der Waals surface area contributed by atoms with Gasteiger partial charge in [-0.2, -0.15) is 5.10 Å². The Morgan fingerprint density at radius 1 is 1.35 bits per heavy atom. The van der Waals surface area contributed by atoms with Gasteiger partial charge < -0.3 is 5.32 Å². The molecule has 1 N–H and O–H groups in total. The molecule has 0 aliphatic carbocycles. The Morgan fingerprint density at radius 3 is 2.70 bits per heavy atom. The van der Waals surface area contributed by atoms with Crippen molar-refractivity contribution in [3.63, 3.8) is 0 Å². The number of benzene rings is 1. The van der Waals surface area contributed by atoms with E-state index in [0.29, 0.717) is 0 Å². The van der Waals surface area contributed by atoms with E-state index >= 15 is 0 Å². The van der Waals surface area contributed by atoms with Crippen molar-refractivity contribution in [1.29, 1.82) is 0 Å². The fourth-order valence-electron chi connectivity index (χ4n) is 2.42. The van der Waals surface area contributed by atoms with E-state index < -0.39 is 0 Å². The van der Waals surface area contributed by atoms with Crippen molar-refractivity contribution in [2.24, 2.45) is 0 Å². The predicted molar refractivity (Wildman–Crippen MR) is 82.3 cm³/mol. The molecular formula is C15H19BrFN3. The summed E-state index contributed by atoms with van der Waals surface area (Å²) in [7, 11) is 0. The Labute approximate surface area is 127 Å². The molecule has 2 rings (SSSR count). The van der Waals surface area contributed by atoms with Gasteiger partial charge in [0.15, 0.2) is 0 Å². The summed E-state index contributed by atoms with van der Waals surface area (Å²) in [5, 5.41) is 7.76. The van der Waals surface area contributed by atoms with Crippen molar-refractivity contribution in [2.75, 3.05) is 6.54 Å². The second-order valence-corrected chi connectivity index (χ2v) is 5.60. The molecule has 0 bridgehead atoms. The minimum absolute atomic E-state index is 0.0776. The molecule has 3 nitrogen and oxygen atoms in total. The zero-order valence-corrected chi connectivity index (χ0v) is 13.5. The number of aryl methyl sites for hydroxylation is 2. The molecule has 2 aromatic rings. The molecule has 0 fully saturated rings. The highest BCUT2D eigenvalue weighted by molar-refractivity contribution is 9.10. The monoisotopic (exact) mass is 339 g/mol. The lowest BCUT2D eigenvalue weighted by Crippen LogP contribution is -2.25. The first kappa shape index (κ1) is 15.2. The maximum Gasteiger partial charge on any atom is 0.123 e. The third-order valence-electron chi connectivity index (χ3n) is 3.21. The number of aromatic nitrogens is 2. The van der Waals surface area contributed by atoms with E-state index in [-0.39, 0.29) is 11.9 Å². The Hall–Kier alpha value is -1.20. The van der Waals surface area contributed by atoms with Gasteiger partial charge in [0.05, 0.1) is 22.4 Å². The van der Waals surface area contributed by atoms with E-state index in [1.165, 1.54) is 0 Å². The van der Waals surface area contributed by atoms with Crippen molar-refractivity contribution < 1.29 is 4.39 Å². The summed E-state index contributed by atoms with van der Waals surface area (Å²) in [4.78, 5) is 0. The third kappa shape index (κ3) is 3.10. The normalized spacial score (nSPS) is 12.7. The van der Waals surface area contributed by atoms with Crippen LogP contribution in [0.3, 0.4) is 0 Å². The molecule has 0 radical (unpaired) electrons. The van der Waals surface area contributed by atoms with Crippen molar-refractivity contribution in [3.05, 3.63) is 51.5 Å². The molecule has 1 heterocycles. The molecular weight excluding hydrogens is 321 g/mol. The lowest BCUT2D eigenvalue weighted by Gasteiger charge is -2.21. The van der Waals surface area contributed by atoms with E-state index in [1.54, 1.807) is 18.3 Å². The maximum absolute atomic E-state index is 13.7. The Balaban J connectivity index is 2.52. The number of nitrogens with zero attached hydrogens (tertiary/aromatic N) is 2. The highest BCUT2D eigenvalue weighted by atomic mass is 79.9. The highest BCUT2D eigenvalue weighted by Gasteiger charge is 2.21. The smallest absolute Gasteiger partial charge is 0.123 e. The van der Waals surface area contributed by atoms with Gasteiger partial charge in [0.25, 0.3) is 0 Å². The van der Waals surface area contributed by atoms with Gasteiger partial charge in [-0.15, -0.1) is 0 Å². The standard InChI is InChI=1S/C15H19BrFN3/c1-4-18-14(11-6-10(3)7-12(17)8-11)15-13(16)9-19-20(15)5-2/h6-9,14,18H,4-5H2,1-3H3. The first-order valence-electron chi connectivity index (χ1n) is 6.78. The maximum atomic E-state index is 13.7. The van der Waals surface area contributed by atoms with Crippen LogP contribution in [0, 0.1) is 12.7 Å².